The Kier molecular flexibility index (Phi) is 3.93. The highest BCUT2D eigenvalue weighted by Gasteiger charge is 2.14. The number of carboxylic acids is 1. The van der Waals surface area contributed by atoms with Crippen molar-refractivity contribution in [2.45, 2.75) is 13.8 Å². The molecule has 0 saturated carbocycles. The van der Waals surface area contributed by atoms with Gasteiger partial charge in [0.2, 0.25) is 0 Å². The molecule has 0 saturated heterocycles. The number of carboxylic acid groups (broad SMARTS) is 1. The second-order valence-corrected chi connectivity index (χ2v) is 4.83. The van der Waals surface area contributed by atoms with Gasteiger partial charge in [0.1, 0.15) is 0 Å². The van der Waals surface area contributed by atoms with Gasteiger partial charge in [0.15, 0.2) is 0 Å². The molecule has 5 heteroatoms. The van der Waals surface area contributed by atoms with Crippen LogP contribution in [-0.2, 0) is 0 Å². The molecule has 4 N–H and O–H groups in total. The van der Waals surface area contributed by atoms with Gasteiger partial charge in [-0.15, -0.1) is 0 Å². The van der Waals surface area contributed by atoms with E-state index in [0.717, 1.165) is 11.1 Å². The van der Waals surface area contributed by atoms with Gasteiger partial charge in [-0.05, 0) is 43.2 Å². The summed E-state index contributed by atoms with van der Waals surface area (Å²) in [6.45, 7) is 3.72. The molecule has 0 heterocycles. The summed E-state index contributed by atoms with van der Waals surface area (Å²) < 4.78 is 0. The Bertz CT molecular complexity index is 703. The molecule has 0 unspecified atom stereocenters. The number of benzene rings is 2. The summed E-state index contributed by atoms with van der Waals surface area (Å²) in [6, 6.07) is 9.82. The molecule has 0 atom stereocenters. The summed E-state index contributed by atoms with van der Waals surface area (Å²) in [5, 5.41) is 11.6. The number of carbonyl (C=O) groups is 2. The minimum Gasteiger partial charge on any atom is -0.478 e. The molecule has 21 heavy (non-hydrogen) atoms. The molecular weight excluding hydrogens is 268 g/mol. The quantitative estimate of drug-likeness (QED) is 0.756. The van der Waals surface area contributed by atoms with Crippen molar-refractivity contribution in [1.82, 2.24) is 0 Å². The van der Waals surface area contributed by atoms with Gasteiger partial charge in [0.25, 0.3) is 5.91 Å². The van der Waals surface area contributed by atoms with Crippen LogP contribution >= 0.6 is 0 Å². The molecule has 0 aliphatic carbocycles. The Morgan fingerprint density at radius 2 is 1.71 bits per heavy atom. The highest BCUT2D eigenvalue weighted by Crippen LogP contribution is 2.22. The van der Waals surface area contributed by atoms with Gasteiger partial charge in [-0.3, -0.25) is 4.79 Å². The van der Waals surface area contributed by atoms with E-state index in [-0.39, 0.29) is 17.2 Å². The fraction of sp³-hybridized carbons (Fsp3) is 0.125. The molecule has 0 aromatic heterocycles. The molecule has 2 aromatic carbocycles. The van der Waals surface area contributed by atoms with E-state index >= 15 is 0 Å². The molecule has 5 nitrogen and oxygen atoms in total. The molecule has 0 aliphatic rings. The van der Waals surface area contributed by atoms with Gasteiger partial charge in [0.05, 0.1) is 16.9 Å². The van der Waals surface area contributed by atoms with Gasteiger partial charge < -0.3 is 16.2 Å². The van der Waals surface area contributed by atoms with E-state index in [4.69, 9.17) is 10.8 Å². The number of carbonyl (C=O) groups excluding carboxylic acids is 1. The van der Waals surface area contributed by atoms with Gasteiger partial charge in [-0.1, -0.05) is 18.2 Å². The Hall–Kier alpha value is -2.82. The largest absolute Gasteiger partial charge is 0.478 e. The van der Waals surface area contributed by atoms with Crippen LogP contribution in [-0.4, -0.2) is 17.0 Å². The van der Waals surface area contributed by atoms with Crippen molar-refractivity contribution in [2.75, 3.05) is 11.1 Å². The standard InChI is InChI=1S/C16H16N2O3/c1-9-4-3-5-10(2)14(9)15(19)18-13-7-6-11(16(20)21)8-12(13)17/h3-8H,17H2,1-2H3,(H,18,19)(H,20,21). The van der Waals surface area contributed by atoms with Crippen LogP contribution in [0.4, 0.5) is 11.4 Å². The zero-order valence-corrected chi connectivity index (χ0v) is 11.8. The lowest BCUT2D eigenvalue weighted by atomic mass is 10.0. The van der Waals surface area contributed by atoms with Crippen LogP contribution < -0.4 is 11.1 Å². The molecule has 0 fully saturated rings. The second-order valence-electron chi connectivity index (χ2n) is 4.83. The molecule has 1 amide bonds. The maximum absolute atomic E-state index is 12.3. The lowest BCUT2D eigenvalue weighted by Gasteiger charge is -2.12. The van der Waals surface area contributed by atoms with Crippen molar-refractivity contribution in [3.63, 3.8) is 0 Å². The van der Waals surface area contributed by atoms with Crippen LogP contribution in [0.15, 0.2) is 36.4 Å². The topological polar surface area (TPSA) is 92.4 Å². The summed E-state index contributed by atoms with van der Waals surface area (Å²) in [4.78, 5) is 23.2. The van der Waals surface area contributed by atoms with E-state index in [1.165, 1.54) is 18.2 Å². The number of nitrogens with two attached hydrogens (primary N) is 1. The van der Waals surface area contributed by atoms with Crippen LogP contribution in [0.5, 0.6) is 0 Å². The smallest absolute Gasteiger partial charge is 0.335 e. The Morgan fingerprint density at radius 3 is 2.24 bits per heavy atom. The van der Waals surface area contributed by atoms with Crippen LogP contribution in [0, 0.1) is 13.8 Å². The maximum Gasteiger partial charge on any atom is 0.335 e. The van der Waals surface area contributed by atoms with E-state index < -0.39 is 5.97 Å². The van der Waals surface area contributed by atoms with E-state index in [2.05, 4.69) is 5.32 Å². The lowest BCUT2D eigenvalue weighted by Crippen LogP contribution is -2.16. The number of aryl methyl sites for hydroxylation is 2. The number of nitrogen functional groups attached to an aromatic ring is 1. The first-order valence-corrected chi connectivity index (χ1v) is 6.40. The minimum atomic E-state index is -1.06. The summed E-state index contributed by atoms with van der Waals surface area (Å²) in [6.07, 6.45) is 0. The third-order valence-electron chi connectivity index (χ3n) is 3.25. The summed E-state index contributed by atoms with van der Waals surface area (Å²) >= 11 is 0. The van der Waals surface area contributed by atoms with E-state index in [1.807, 2.05) is 32.0 Å². The SMILES string of the molecule is Cc1cccc(C)c1C(=O)Nc1ccc(C(=O)O)cc1N. The minimum absolute atomic E-state index is 0.0811. The van der Waals surface area contributed by atoms with Crippen molar-refractivity contribution >= 4 is 23.3 Å². The summed E-state index contributed by atoms with van der Waals surface area (Å²) in [7, 11) is 0. The zero-order chi connectivity index (χ0) is 15.6. The molecule has 0 aliphatic heterocycles. The Balaban J connectivity index is 2.30. The van der Waals surface area contributed by atoms with Crippen molar-refractivity contribution in [2.24, 2.45) is 0 Å². The normalized spacial score (nSPS) is 10.2. The number of anilines is 2. The van der Waals surface area contributed by atoms with Crippen LogP contribution in [0.3, 0.4) is 0 Å². The third-order valence-corrected chi connectivity index (χ3v) is 3.25. The van der Waals surface area contributed by atoms with E-state index in [0.29, 0.717) is 11.3 Å². The number of nitrogens with one attached hydrogen (secondary N) is 1. The van der Waals surface area contributed by atoms with Gasteiger partial charge >= 0.3 is 5.97 Å². The van der Waals surface area contributed by atoms with Crippen molar-refractivity contribution < 1.29 is 14.7 Å². The maximum atomic E-state index is 12.3. The molecule has 108 valence electrons. The average molecular weight is 284 g/mol. The molecular formula is C16H16N2O3. The first-order valence-electron chi connectivity index (χ1n) is 6.40. The molecule has 0 bridgehead atoms. The molecule has 0 radical (unpaired) electrons. The van der Waals surface area contributed by atoms with Crippen molar-refractivity contribution in [1.29, 1.82) is 0 Å². The van der Waals surface area contributed by atoms with Crippen LogP contribution in [0.1, 0.15) is 31.8 Å². The van der Waals surface area contributed by atoms with Gasteiger partial charge in [-0.2, -0.15) is 0 Å². The number of amides is 1. The fourth-order valence-electron chi connectivity index (χ4n) is 2.17. The van der Waals surface area contributed by atoms with Crippen LogP contribution in [0.2, 0.25) is 0 Å². The number of aromatic carboxylic acids is 1. The highest BCUT2D eigenvalue weighted by molar-refractivity contribution is 6.08. The second kappa shape index (κ2) is 5.66. The van der Waals surface area contributed by atoms with Crippen molar-refractivity contribution in [3.8, 4) is 0 Å². The average Bonchev–Trinajstić information content (AvgIpc) is 2.40. The van der Waals surface area contributed by atoms with E-state index in [9.17, 15) is 9.59 Å². The first kappa shape index (κ1) is 14.6. The Morgan fingerprint density at radius 1 is 1.10 bits per heavy atom. The first-order chi connectivity index (χ1) is 9.90. The van der Waals surface area contributed by atoms with E-state index in [1.54, 1.807) is 0 Å². The zero-order valence-electron chi connectivity index (χ0n) is 11.8. The highest BCUT2D eigenvalue weighted by atomic mass is 16.4. The summed E-state index contributed by atoms with van der Waals surface area (Å²) in [5.74, 6) is -1.32. The molecule has 0 spiro atoms. The van der Waals surface area contributed by atoms with Gasteiger partial charge in [-0.25, -0.2) is 4.79 Å². The molecule has 2 rings (SSSR count). The third kappa shape index (κ3) is 3.02. The monoisotopic (exact) mass is 284 g/mol. The number of hydrogen-bond acceptors (Lipinski definition) is 3. The van der Waals surface area contributed by atoms with Crippen LogP contribution in [0.25, 0.3) is 0 Å². The predicted molar refractivity (Wildman–Crippen MR) is 81.7 cm³/mol. The lowest BCUT2D eigenvalue weighted by molar-refractivity contribution is 0.0697. The van der Waals surface area contributed by atoms with Crippen molar-refractivity contribution in [3.05, 3.63) is 58.7 Å². The molecule has 2 aromatic rings. The van der Waals surface area contributed by atoms with Gasteiger partial charge in [0, 0.05) is 5.56 Å². The predicted octanol–water partition coefficient (Wildman–Crippen LogP) is 2.84. The summed E-state index contributed by atoms with van der Waals surface area (Å²) in [5.41, 5.74) is 8.81. The number of hydrogen-bond donors (Lipinski definition) is 3. The fourth-order valence-corrected chi connectivity index (χ4v) is 2.17. The Labute approximate surface area is 122 Å². The number of rotatable bonds is 3.